The van der Waals surface area contributed by atoms with Crippen molar-refractivity contribution >= 4 is 61.2 Å². The van der Waals surface area contributed by atoms with E-state index in [0.29, 0.717) is 17.8 Å². The molecule has 0 bridgehead atoms. The second-order valence-electron chi connectivity index (χ2n) is 18.7. The molecule has 64 heavy (non-hydrogen) atoms. The minimum absolute atomic E-state index is 0.308. The number of rotatable bonds is 7. The van der Waals surface area contributed by atoms with Crippen LogP contribution in [-0.2, 0) is 0 Å². The molecule has 7 aromatic rings. The lowest BCUT2D eigenvalue weighted by atomic mass is 9.85. The zero-order valence-electron chi connectivity index (χ0n) is 37.0. The summed E-state index contributed by atoms with van der Waals surface area (Å²) >= 11 is 0. The average Bonchev–Trinajstić information content (AvgIpc) is 3.88. The van der Waals surface area contributed by atoms with Gasteiger partial charge in [0.15, 0.2) is 0 Å². The fraction of sp³-hybridized carbons (Fsp3) is 0.194. The van der Waals surface area contributed by atoms with Gasteiger partial charge in [0.1, 0.15) is 0 Å². The molecule has 0 aliphatic heterocycles. The largest absolute Gasteiger partial charge is 0.313 e. The van der Waals surface area contributed by atoms with Crippen LogP contribution in [0.2, 0.25) is 0 Å². The van der Waals surface area contributed by atoms with Crippen LogP contribution in [0.15, 0.2) is 182 Å². The van der Waals surface area contributed by atoms with E-state index in [1.807, 2.05) is 0 Å². The van der Waals surface area contributed by atoms with E-state index in [9.17, 15) is 0 Å². The highest BCUT2D eigenvalue weighted by Crippen LogP contribution is 2.47. The highest BCUT2D eigenvalue weighted by molar-refractivity contribution is 6.21. The van der Waals surface area contributed by atoms with Crippen LogP contribution in [0.25, 0.3) is 78.0 Å². The van der Waals surface area contributed by atoms with Crippen LogP contribution >= 0.6 is 0 Å². The third-order valence-electron chi connectivity index (χ3n) is 14.5. The third-order valence-corrected chi connectivity index (χ3v) is 14.5. The molecule has 3 atom stereocenters. The summed E-state index contributed by atoms with van der Waals surface area (Å²) in [5.74, 6) is 1.33. The topological polar surface area (TPSA) is 9.86 Å². The van der Waals surface area contributed by atoms with Gasteiger partial charge in [-0.2, -0.15) is 0 Å². The standard InChI is InChI=1S/C62H54N2/c1-41-26-28-44(29-27-41)47-17-12-19-49(38-47)50-20-13-18-48(39-50)45-30-32-46(33-31-45)56-40-51(43-15-5-3-6-16-43)34-36-58(56)64-57-25-10-9-23-53(57)54-35-37-59-60(62(54)64)55-24-11-14-42(2)61(55)63(59)52-21-7-4-8-22-52/h3,5,7,9-13,15,17,19-26,28-42,48H,4,6,8,14,16,18,27H2,1-2H3. The van der Waals surface area contributed by atoms with Crippen LogP contribution in [0, 0.1) is 5.92 Å². The Kier molecular flexibility index (Phi) is 9.70. The van der Waals surface area contributed by atoms with Crippen LogP contribution in [0.5, 0.6) is 0 Å². The number of nitrogens with zero attached hydrogens (tertiary/aromatic N) is 2. The van der Waals surface area contributed by atoms with Crippen molar-refractivity contribution < 1.29 is 0 Å². The minimum atomic E-state index is 0.308. The van der Waals surface area contributed by atoms with Gasteiger partial charge in [-0.1, -0.05) is 166 Å². The molecule has 0 radical (unpaired) electrons. The van der Waals surface area contributed by atoms with Gasteiger partial charge in [0.2, 0.25) is 0 Å². The number of hydrogen-bond acceptors (Lipinski definition) is 0. The molecule has 5 aliphatic carbocycles. The molecular weight excluding hydrogens is 773 g/mol. The summed E-state index contributed by atoms with van der Waals surface area (Å²) in [6.45, 7) is 4.69. The Morgan fingerprint density at radius 2 is 1.44 bits per heavy atom. The number of fused-ring (bicyclic) bond motifs is 7. The van der Waals surface area contributed by atoms with Crippen molar-refractivity contribution in [3.05, 3.63) is 216 Å². The van der Waals surface area contributed by atoms with Crippen molar-refractivity contribution in [2.45, 2.75) is 70.6 Å². The smallest absolute Gasteiger partial charge is 0.0641 e. The molecule has 5 aliphatic rings. The van der Waals surface area contributed by atoms with Crippen LogP contribution in [0.4, 0.5) is 0 Å². The maximum Gasteiger partial charge on any atom is 0.0641 e. The van der Waals surface area contributed by atoms with Crippen molar-refractivity contribution in [1.29, 1.82) is 0 Å². The van der Waals surface area contributed by atoms with E-state index in [1.165, 1.54) is 105 Å². The Morgan fingerprint density at radius 3 is 2.27 bits per heavy atom. The zero-order valence-corrected chi connectivity index (χ0v) is 37.0. The molecular formula is C62H54N2. The summed E-state index contributed by atoms with van der Waals surface area (Å²) in [5.41, 5.74) is 20.9. The first kappa shape index (κ1) is 38.7. The fourth-order valence-corrected chi connectivity index (χ4v) is 11.2. The van der Waals surface area contributed by atoms with Gasteiger partial charge in [0.05, 0.1) is 22.2 Å². The normalized spacial score (nSPS) is 20.4. The Bertz CT molecular complexity index is 3320. The zero-order chi connectivity index (χ0) is 42.7. The van der Waals surface area contributed by atoms with E-state index < -0.39 is 0 Å². The summed E-state index contributed by atoms with van der Waals surface area (Å²) in [7, 11) is 0. The Labute approximate surface area is 377 Å². The fourth-order valence-electron chi connectivity index (χ4n) is 11.2. The van der Waals surface area contributed by atoms with Crippen molar-refractivity contribution in [1.82, 2.24) is 9.13 Å². The number of benzene rings is 5. The molecule has 0 N–H and O–H groups in total. The molecule has 2 nitrogen and oxygen atoms in total. The van der Waals surface area contributed by atoms with E-state index in [2.05, 4.69) is 211 Å². The molecule has 2 aromatic heterocycles. The third kappa shape index (κ3) is 6.62. The monoisotopic (exact) mass is 826 g/mol. The lowest BCUT2D eigenvalue weighted by molar-refractivity contribution is 0.727. The van der Waals surface area contributed by atoms with Crippen LogP contribution in [0.3, 0.4) is 0 Å². The highest BCUT2D eigenvalue weighted by atomic mass is 15.0. The van der Waals surface area contributed by atoms with E-state index in [0.717, 1.165) is 44.9 Å². The summed E-state index contributed by atoms with van der Waals surface area (Å²) in [5, 5.41) is 3.93. The van der Waals surface area contributed by atoms with Gasteiger partial charge < -0.3 is 9.13 Å². The van der Waals surface area contributed by atoms with E-state index >= 15 is 0 Å². The molecule has 0 spiro atoms. The van der Waals surface area contributed by atoms with Gasteiger partial charge in [0, 0.05) is 50.5 Å². The molecule has 0 saturated heterocycles. The number of aromatic nitrogens is 2. The van der Waals surface area contributed by atoms with Gasteiger partial charge in [-0.15, -0.1) is 0 Å². The summed E-state index contributed by atoms with van der Waals surface area (Å²) in [6.07, 6.45) is 40.4. The van der Waals surface area contributed by atoms with E-state index in [4.69, 9.17) is 0 Å². The van der Waals surface area contributed by atoms with Gasteiger partial charge in [-0.3, -0.25) is 0 Å². The van der Waals surface area contributed by atoms with Crippen molar-refractivity contribution in [3.8, 4) is 16.8 Å². The lowest BCUT2D eigenvalue weighted by Gasteiger charge is -2.21. The molecule has 5 aromatic carbocycles. The first-order valence-electron chi connectivity index (χ1n) is 23.7. The van der Waals surface area contributed by atoms with E-state index in [1.54, 1.807) is 0 Å². The summed E-state index contributed by atoms with van der Waals surface area (Å²) < 4.78 is 5.19. The van der Waals surface area contributed by atoms with Gasteiger partial charge in [-0.05, 0) is 132 Å². The van der Waals surface area contributed by atoms with Crippen molar-refractivity contribution in [2.75, 3.05) is 0 Å². The Morgan fingerprint density at radius 1 is 0.578 bits per heavy atom. The Balaban J connectivity index is 1.01. The molecule has 3 unspecified atom stereocenters. The van der Waals surface area contributed by atoms with Gasteiger partial charge >= 0.3 is 0 Å². The second-order valence-corrected chi connectivity index (χ2v) is 18.7. The van der Waals surface area contributed by atoms with Crippen LogP contribution in [-0.4, -0.2) is 9.13 Å². The molecule has 0 saturated carbocycles. The summed E-state index contributed by atoms with van der Waals surface area (Å²) in [4.78, 5) is 0. The predicted molar refractivity (Wildman–Crippen MR) is 275 cm³/mol. The molecule has 2 heterocycles. The van der Waals surface area contributed by atoms with E-state index in [-0.39, 0.29) is 0 Å². The molecule has 312 valence electrons. The first-order valence-corrected chi connectivity index (χ1v) is 23.7. The van der Waals surface area contributed by atoms with Crippen molar-refractivity contribution in [3.63, 3.8) is 0 Å². The highest BCUT2D eigenvalue weighted by Gasteiger charge is 2.28. The lowest BCUT2D eigenvalue weighted by Crippen LogP contribution is -2.08. The second kappa shape index (κ2) is 16.0. The predicted octanol–water partition coefficient (Wildman–Crippen LogP) is 17.0. The average molecular weight is 827 g/mol. The molecule has 2 heteroatoms. The SMILES string of the molecule is CC1C=CC(c2cccc(C3=CC(c4ccc(-c5cc(C6=CC=CCC6)ccc5-n5c6ccccc6c6ccc7c(c8c(n7C7=CCCC=C7)C(C)CC=C8)c65)cc4)CC=C3)c2)=CC1. The quantitative estimate of drug-likeness (QED) is 0.151. The molecule has 0 amide bonds. The maximum atomic E-state index is 2.60. The van der Waals surface area contributed by atoms with Gasteiger partial charge in [-0.25, -0.2) is 0 Å². The number of allylic oxidation sites excluding steroid dienone is 17. The maximum absolute atomic E-state index is 2.60. The minimum Gasteiger partial charge on any atom is -0.313 e. The molecule has 0 fully saturated rings. The summed E-state index contributed by atoms with van der Waals surface area (Å²) in [6, 6.07) is 39.7. The Hall–Kier alpha value is -6.90. The van der Waals surface area contributed by atoms with Crippen molar-refractivity contribution in [2.24, 2.45) is 5.92 Å². The van der Waals surface area contributed by atoms with Crippen LogP contribution < -0.4 is 0 Å². The van der Waals surface area contributed by atoms with Gasteiger partial charge in [0.25, 0.3) is 0 Å². The number of hydrogen-bond donors (Lipinski definition) is 0. The van der Waals surface area contributed by atoms with Crippen LogP contribution in [0.1, 0.15) is 104 Å². The first-order chi connectivity index (χ1) is 31.6. The number of para-hydroxylation sites is 1. The molecule has 12 rings (SSSR count).